The van der Waals surface area contributed by atoms with Gasteiger partial charge in [-0.15, -0.1) is 10.2 Å². The maximum absolute atomic E-state index is 12.8. The molecule has 0 aliphatic heterocycles. The molecule has 0 unspecified atom stereocenters. The normalized spacial score (nSPS) is 12.0. The summed E-state index contributed by atoms with van der Waals surface area (Å²) >= 11 is 1.26. The van der Waals surface area contributed by atoms with E-state index in [9.17, 15) is 9.90 Å². The van der Waals surface area contributed by atoms with Gasteiger partial charge in [-0.2, -0.15) is 5.10 Å². The number of thioether (sulfide) groups is 1. The summed E-state index contributed by atoms with van der Waals surface area (Å²) < 4.78 is 12.8. The predicted octanol–water partition coefficient (Wildman–Crippen LogP) is 6.49. The van der Waals surface area contributed by atoms with E-state index in [0.29, 0.717) is 28.2 Å². The number of phenolic OH excluding ortho intramolecular Hbond substituents is 1. The zero-order valence-corrected chi connectivity index (χ0v) is 26.7. The Morgan fingerprint density at radius 2 is 1.56 bits per heavy atom. The largest absolute Gasteiger partial charge is 0.507 e. The standard InChI is InChI=1S/C33H39N5O4S/c1-32(2,3)24-16-21(17-25(29(24)40)33(4,5)6)19-34-35-28(39)20-43-31-37-36-30(38(31)23-12-10-9-11-13-23)22-14-15-26(41-7)27(18-22)42-8/h9-19,40H,20H2,1-8H3,(H,35,39). The van der Waals surface area contributed by atoms with Gasteiger partial charge in [-0.3, -0.25) is 9.36 Å². The topological polar surface area (TPSA) is 111 Å². The van der Waals surface area contributed by atoms with Crippen molar-refractivity contribution in [2.75, 3.05) is 20.0 Å². The van der Waals surface area contributed by atoms with E-state index in [1.807, 2.05) is 65.2 Å². The monoisotopic (exact) mass is 601 g/mol. The third-order valence-corrected chi connectivity index (χ3v) is 7.70. The van der Waals surface area contributed by atoms with Gasteiger partial charge in [-0.1, -0.05) is 71.5 Å². The molecule has 226 valence electrons. The fourth-order valence-corrected chi connectivity index (χ4v) is 5.30. The van der Waals surface area contributed by atoms with Crippen LogP contribution in [0.4, 0.5) is 0 Å². The van der Waals surface area contributed by atoms with Gasteiger partial charge < -0.3 is 14.6 Å². The van der Waals surface area contributed by atoms with Crippen molar-refractivity contribution in [3.05, 3.63) is 77.4 Å². The van der Waals surface area contributed by atoms with Crippen LogP contribution in [-0.2, 0) is 15.6 Å². The summed E-state index contributed by atoms with van der Waals surface area (Å²) in [6.45, 7) is 12.3. The van der Waals surface area contributed by atoms with E-state index in [4.69, 9.17) is 9.47 Å². The number of rotatable bonds is 9. The zero-order valence-electron chi connectivity index (χ0n) is 25.9. The molecular formula is C33H39N5O4S. The first kappa shape index (κ1) is 31.6. The summed E-state index contributed by atoms with van der Waals surface area (Å²) in [5.74, 6) is 1.87. The van der Waals surface area contributed by atoms with Gasteiger partial charge in [0.1, 0.15) is 5.75 Å². The van der Waals surface area contributed by atoms with E-state index >= 15 is 0 Å². The van der Waals surface area contributed by atoms with Crippen LogP contribution in [0.3, 0.4) is 0 Å². The van der Waals surface area contributed by atoms with E-state index in [-0.39, 0.29) is 22.5 Å². The van der Waals surface area contributed by atoms with Gasteiger partial charge in [-0.05, 0) is 58.9 Å². The van der Waals surface area contributed by atoms with E-state index in [1.165, 1.54) is 11.8 Å². The Balaban J connectivity index is 1.54. The molecule has 43 heavy (non-hydrogen) atoms. The van der Waals surface area contributed by atoms with Crippen LogP contribution in [0.25, 0.3) is 17.1 Å². The molecule has 1 amide bonds. The number of aromatic hydroxyl groups is 1. The average Bonchev–Trinajstić information content (AvgIpc) is 3.39. The van der Waals surface area contributed by atoms with Crippen molar-refractivity contribution in [2.45, 2.75) is 57.5 Å². The van der Waals surface area contributed by atoms with Crippen LogP contribution < -0.4 is 14.9 Å². The molecule has 0 spiro atoms. The first-order valence-electron chi connectivity index (χ1n) is 13.9. The highest BCUT2D eigenvalue weighted by atomic mass is 32.2. The number of hydrogen-bond acceptors (Lipinski definition) is 8. The number of aromatic nitrogens is 3. The number of ether oxygens (including phenoxy) is 2. The third kappa shape index (κ3) is 7.37. The second-order valence-corrected chi connectivity index (χ2v) is 13.0. The van der Waals surface area contributed by atoms with Crippen LogP contribution in [0.15, 0.2) is 70.9 Å². The van der Waals surface area contributed by atoms with Crippen LogP contribution >= 0.6 is 11.8 Å². The molecule has 0 saturated heterocycles. The predicted molar refractivity (Wildman–Crippen MR) is 172 cm³/mol. The number of phenols is 1. The van der Waals surface area contributed by atoms with Crippen LogP contribution in [0.5, 0.6) is 17.2 Å². The van der Waals surface area contributed by atoms with Crippen molar-refractivity contribution in [1.82, 2.24) is 20.2 Å². The molecule has 2 N–H and O–H groups in total. The highest BCUT2D eigenvalue weighted by molar-refractivity contribution is 7.99. The van der Waals surface area contributed by atoms with Gasteiger partial charge >= 0.3 is 0 Å². The molecule has 0 bridgehead atoms. The van der Waals surface area contributed by atoms with E-state index in [2.05, 4.69) is 62.3 Å². The quantitative estimate of drug-likeness (QED) is 0.128. The number of hydrazone groups is 1. The lowest BCUT2D eigenvalue weighted by Gasteiger charge is -2.27. The Hall–Kier alpha value is -4.31. The molecule has 9 nitrogen and oxygen atoms in total. The molecule has 3 aromatic carbocycles. The first-order valence-corrected chi connectivity index (χ1v) is 14.9. The summed E-state index contributed by atoms with van der Waals surface area (Å²) in [6.07, 6.45) is 1.61. The highest BCUT2D eigenvalue weighted by Crippen LogP contribution is 2.39. The number of nitrogens with zero attached hydrogens (tertiary/aromatic N) is 4. The van der Waals surface area contributed by atoms with E-state index in [0.717, 1.165) is 27.9 Å². The van der Waals surface area contributed by atoms with Crippen molar-refractivity contribution < 1.29 is 19.4 Å². The number of benzene rings is 3. The van der Waals surface area contributed by atoms with Gasteiger partial charge in [0, 0.05) is 22.4 Å². The van der Waals surface area contributed by atoms with Crippen molar-refractivity contribution in [3.8, 4) is 34.3 Å². The Bertz CT molecular complexity index is 1580. The number of amides is 1. The number of nitrogens with one attached hydrogen (secondary N) is 1. The summed E-state index contributed by atoms with van der Waals surface area (Å²) in [7, 11) is 3.17. The molecule has 1 heterocycles. The van der Waals surface area contributed by atoms with Gasteiger partial charge in [0.15, 0.2) is 22.5 Å². The fraction of sp³-hybridized carbons (Fsp3) is 0.333. The number of para-hydroxylation sites is 1. The van der Waals surface area contributed by atoms with Crippen LogP contribution in [0.1, 0.15) is 58.2 Å². The Kier molecular flexibility index (Phi) is 9.49. The van der Waals surface area contributed by atoms with Crippen LogP contribution in [-0.4, -0.2) is 52.0 Å². The molecule has 1 aromatic heterocycles. The first-order chi connectivity index (χ1) is 20.3. The molecular weight excluding hydrogens is 562 g/mol. The smallest absolute Gasteiger partial charge is 0.250 e. The van der Waals surface area contributed by atoms with Crippen molar-refractivity contribution in [1.29, 1.82) is 0 Å². The van der Waals surface area contributed by atoms with E-state index < -0.39 is 0 Å². The number of carbonyl (C=O) groups excluding carboxylic acids is 1. The van der Waals surface area contributed by atoms with Crippen molar-refractivity contribution >= 4 is 23.9 Å². The van der Waals surface area contributed by atoms with Crippen molar-refractivity contribution in [3.63, 3.8) is 0 Å². The lowest BCUT2D eigenvalue weighted by molar-refractivity contribution is -0.118. The maximum Gasteiger partial charge on any atom is 0.250 e. The Labute approximate surface area is 257 Å². The minimum Gasteiger partial charge on any atom is -0.507 e. The lowest BCUT2D eigenvalue weighted by atomic mass is 9.78. The van der Waals surface area contributed by atoms with Gasteiger partial charge in [-0.25, -0.2) is 5.43 Å². The van der Waals surface area contributed by atoms with Crippen LogP contribution in [0, 0.1) is 0 Å². The summed E-state index contributed by atoms with van der Waals surface area (Å²) in [4.78, 5) is 12.8. The fourth-order valence-electron chi connectivity index (χ4n) is 4.55. The van der Waals surface area contributed by atoms with E-state index in [1.54, 1.807) is 20.4 Å². The van der Waals surface area contributed by atoms with Crippen LogP contribution in [0.2, 0.25) is 0 Å². The molecule has 0 saturated carbocycles. The van der Waals surface area contributed by atoms with Gasteiger partial charge in [0.2, 0.25) is 0 Å². The molecule has 0 aliphatic carbocycles. The number of hydrogen-bond donors (Lipinski definition) is 2. The minimum atomic E-state index is -0.289. The summed E-state index contributed by atoms with van der Waals surface area (Å²) in [6, 6.07) is 19.1. The molecule has 0 radical (unpaired) electrons. The molecule has 0 fully saturated rings. The maximum atomic E-state index is 12.8. The molecule has 4 aromatic rings. The minimum absolute atomic E-state index is 0.0737. The zero-order chi connectivity index (χ0) is 31.4. The summed E-state index contributed by atoms with van der Waals surface area (Å²) in [5, 5.41) is 24.6. The second-order valence-electron chi connectivity index (χ2n) is 12.1. The highest BCUT2D eigenvalue weighted by Gasteiger charge is 2.26. The molecule has 4 rings (SSSR count). The molecule has 0 atom stereocenters. The molecule has 0 aliphatic rings. The van der Waals surface area contributed by atoms with Gasteiger partial charge in [0.05, 0.1) is 26.2 Å². The van der Waals surface area contributed by atoms with Gasteiger partial charge in [0.25, 0.3) is 5.91 Å². The molecule has 10 heteroatoms. The second kappa shape index (κ2) is 12.9. The van der Waals surface area contributed by atoms with Crippen molar-refractivity contribution in [2.24, 2.45) is 5.10 Å². The summed E-state index contributed by atoms with van der Waals surface area (Å²) in [5.41, 5.74) is 6.18. The Morgan fingerprint density at radius 1 is 0.930 bits per heavy atom. The lowest BCUT2D eigenvalue weighted by Crippen LogP contribution is -2.20. The Morgan fingerprint density at radius 3 is 2.14 bits per heavy atom. The number of carbonyl (C=O) groups is 1. The SMILES string of the molecule is COc1ccc(-c2nnc(SCC(=O)NN=Cc3cc(C(C)(C)C)c(O)c(C(C)(C)C)c3)n2-c2ccccc2)cc1OC. The average molecular weight is 602 g/mol. The third-order valence-electron chi connectivity index (χ3n) is 6.77. The number of methoxy groups -OCH3 is 2.